The normalized spacial score (nSPS) is 11.2. The molecule has 0 saturated heterocycles. The van der Waals surface area contributed by atoms with Gasteiger partial charge in [0, 0.05) is 29.9 Å². The Morgan fingerprint density at radius 2 is 2.10 bits per heavy atom. The van der Waals surface area contributed by atoms with E-state index in [0.717, 1.165) is 38.7 Å². The molecule has 2 aromatic heterocycles. The molecule has 7 heteroatoms. The van der Waals surface area contributed by atoms with Gasteiger partial charge in [-0.15, -0.1) is 5.10 Å². The molecular formula is C14H15ClN4S2. The van der Waals surface area contributed by atoms with Crippen molar-refractivity contribution < 1.29 is 0 Å². The maximum absolute atomic E-state index is 5.91. The largest absolute Gasteiger partial charge is 0.349 e. The number of hydrogen-bond acceptors (Lipinski definition) is 5. The Hall–Kier alpha value is -1.24. The SMILES string of the molecule is CSCCN(C)c1nn2cc(-c3ccc(Cl)cc3)nc2s1. The third-order valence-electron chi connectivity index (χ3n) is 3.13. The number of fused-ring (bicyclic) bond motifs is 1. The van der Waals surface area contributed by atoms with E-state index in [0.29, 0.717) is 0 Å². The lowest BCUT2D eigenvalue weighted by molar-refractivity contribution is 0.900. The highest BCUT2D eigenvalue weighted by Crippen LogP contribution is 2.26. The van der Waals surface area contributed by atoms with E-state index < -0.39 is 0 Å². The van der Waals surface area contributed by atoms with E-state index in [1.807, 2.05) is 46.7 Å². The van der Waals surface area contributed by atoms with Gasteiger partial charge in [0.15, 0.2) is 0 Å². The number of imidazole rings is 1. The Kier molecular flexibility index (Phi) is 4.37. The summed E-state index contributed by atoms with van der Waals surface area (Å²) in [4.78, 5) is 7.71. The molecule has 0 bridgehead atoms. The van der Waals surface area contributed by atoms with Crippen LogP contribution in [0, 0.1) is 0 Å². The predicted molar refractivity (Wildman–Crippen MR) is 93.0 cm³/mol. The first-order chi connectivity index (χ1) is 10.2. The van der Waals surface area contributed by atoms with Crippen molar-refractivity contribution in [2.75, 3.05) is 30.5 Å². The summed E-state index contributed by atoms with van der Waals surface area (Å²) in [7, 11) is 2.06. The Bertz CT molecular complexity index is 704. The zero-order valence-corrected chi connectivity index (χ0v) is 14.2. The van der Waals surface area contributed by atoms with Crippen LogP contribution in [0.1, 0.15) is 0 Å². The molecule has 1 aromatic carbocycles. The van der Waals surface area contributed by atoms with Crippen molar-refractivity contribution in [1.29, 1.82) is 0 Å². The highest BCUT2D eigenvalue weighted by atomic mass is 35.5. The maximum atomic E-state index is 5.91. The van der Waals surface area contributed by atoms with Gasteiger partial charge in [0.1, 0.15) is 0 Å². The summed E-state index contributed by atoms with van der Waals surface area (Å²) in [5.74, 6) is 1.09. The van der Waals surface area contributed by atoms with Gasteiger partial charge in [-0.25, -0.2) is 9.50 Å². The van der Waals surface area contributed by atoms with Crippen molar-refractivity contribution in [3.8, 4) is 11.3 Å². The summed E-state index contributed by atoms with van der Waals surface area (Å²) in [5, 5.41) is 6.32. The van der Waals surface area contributed by atoms with Gasteiger partial charge in [-0.05, 0) is 18.4 Å². The van der Waals surface area contributed by atoms with Gasteiger partial charge in [0.05, 0.1) is 11.9 Å². The van der Waals surface area contributed by atoms with E-state index in [2.05, 4.69) is 28.3 Å². The second-order valence-corrected chi connectivity index (χ2v) is 7.02. The summed E-state index contributed by atoms with van der Waals surface area (Å²) in [5.41, 5.74) is 1.97. The molecule has 0 fully saturated rings. The molecule has 0 N–H and O–H groups in total. The molecular weight excluding hydrogens is 324 g/mol. The monoisotopic (exact) mass is 338 g/mol. The lowest BCUT2D eigenvalue weighted by Gasteiger charge is -2.13. The smallest absolute Gasteiger partial charge is 0.214 e. The van der Waals surface area contributed by atoms with Crippen LogP contribution in [0.3, 0.4) is 0 Å². The van der Waals surface area contributed by atoms with Gasteiger partial charge < -0.3 is 4.90 Å². The molecule has 110 valence electrons. The maximum Gasteiger partial charge on any atom is 0.214 e. The number of aromatic nitrogens is 3. The summed E-state index contributed by atoms with van der Waals surface area (Å²) in [6.07, 6.45) is 4.07. The van der Waals surface area contributed by atoms with Crippen LogP contribution >= 0.6 is 34.7 Å². The van der Waals surface area contributed by atoms with Crippen LogP contribution in [-0.4, -0.2) is 40.2 Å². The van der Waals surface area contributed by atoms with Gasteiger partial charge in [-0.1, -0.05) is 35.1 Å². The van der Waals surface area contributed by atoms with E-state index in [-0.39, 0.29) is 0 Å². The second-order valence-electron chi connectivity index (χ2n) is 4.66. The van der Waals surface area contributed by atoms with Crippen LogP contribution in [0.5, 0.6) is 0 Å². The van der Waals surface area contributed by atoms with Crippen molar-refractivity contribution >= 4 is 44.8 Å². The lowest BCUT2D eigenvalue weighted by atomic mass is 10.2. The first kappa shape index (κ1) is 14.7. The molecule has 0 aliphatic heterocycles. The van der Waals surface area contributed by atoms with E-state index in [1.165, 1.54) is 0 Å². The van der Waals surface area contributed by atoms with Crippen molar-refractivity contribution in [3.63, 3.8) is 0 Å². The quantitative estimate of drug-likeness (QED) is 0.706. The number of halogens is 1. The minimum absolute atomic E-state index is 0.732. The van der Waals surface area contributed by atoms with Crippen LogP contribution in [0.4, 0.5) is 5.13 Å². The minimum atomic E-state index is 0.732. The zero-order chi connectivity index (χ0) is 14.8. The Balaban J connectivity index is 1.85. The summed E-state index contributed by atoms with van der Waals surface area (Å²) in [6.45, 7) is 0.988. The molecule has 0 radical (unpaired) electrons. The average Bonchev–Trinajstić information content (AvgIpc) is 3.04. The van der Waals surface area contributed by atoms with Crippen LogP contribution in [-0.2, 0) is 0 Å². The van der Waals surface area contributed by atoms with Gasteiger partial charge in [-0.3, -0.25) is 0 Å². The van der Waals surface area contributed by atoms with Crippen LogP contribution in [0.15, 0.2) is 30.5 Å². The number of hydrogen-bond donors (Lipinski definition) is 0. The molecule has 2 heterocycles. The van der Waals surface area contributed by atoms with E-state index in [4.69, 9.17) is 11.6 Å². The molecule has 0 amide bonds. The van der Waals surface area contributed by atoms with Gasteiger partial charge in [0.2, 0.25) is 10.1 Å². The van der Waals surface area contributed by atoms with Gasteiger partial charge in [-0.2, -0.15) is 11.8 Å². The molecule has 0 spiro atoms. The van der Waals surface area contributed by atoms with E-state index in [9.17, 15) is 0 Å². The first-order valence-electron chi connectivity index (χ1n) is 6.49. The Morgan fingerprint density at radius 1 is 1.33 bits per heavy atom. The molecule has 0 aliphatic carbocycles. The van der Waals surface area contributed by atoms with Crippen LogP contribution in [0.25, 0.3) is 16.2 Å². The fourth-order valence-corrected chi connectivity index (χ4v) is 3.38. The Morgan fingerprint density at radius 3 is 2.76 bits per heavy atom. The second kappa shape index (κ2) is 6.25. The van der Waals surface area contributed by atoms with Gasteiger partial charge in [0.25, 0.3) is 0 Å². The first-order valence-corrected chi connectivity index (χ1v) is 9.08. The number of nitrogens with zero attached hydrogens (tertiary/aromatic N) is 4. The standard InChI is InChI=1S/C14H15ClN4S2/c1-18(7-8-20-2)14-17-19-9-12(16-13(19)21-14)10-3-5-11(15)6-4-10/h3-6,9H,7-8H2,1-2H3. The van der Waals surface area contributed by atoms with Crippen LogP contribution < -0.4 is 4.90 Å². The van der Waals surface area contributed by atoms with E-state index >= 15 is 0 Å². The molecule has 21 heavy (non-hydrogen) atoms. The average molecular weight is 339 g/mol. The van der Waals surface area contributed by atoms with Crippen molar-refractivity contribution in [3.05, 3.63) is 35.5 Å². The number of benzene rings is 1. The summed E-state index contributed by atoms with van der Waals surface area (Å²) in [6, 6.07) is 7.69. The van der Waals surface area contributed by atoms with Crippen molar-refractivity contribution in [2.24, 2.45) is 0 Å². The number of thioether (sulfide) groups is 1. The highest BCUT2D eigenvalue weighted by molar-refractivity contribution is 7.98. The zero-order valence-electron chi connectivity index (χ0n) is 11.8. The predicted octanol–water partition coefficient (Wildman–Crippen LogP) is 3.91. The molecule has 0 saturated carbocycles. The molecule has 4 nitrogen and oxygen atoms in total. The third-order valence-corrected chi connectivity index (χ3v) is 5.01. The lowest BCUT2D eigenvalue weighted by Crippen LogP contribution is -2.20. The van der Waals surface area contributed by atoms with E-state index in [1.54, 1.807) is 11.3 Å². The van der Waals surface area contributed by atoms with Crippen molar-refractivity contribution in [1.82, 2.24) is 14.6 Å². The highest BCUT2D eigenvalue weighted by Gasteiger charge is 2.12. The minimum Gasteiger partial charge on any atom is -0.349 e. The fraction of sp³-hybridized carbons (Fsp3) is 0.286. The fourth-order valence-electron chi connectivity index (χ4n) is 1.93. The van der Waals surface area contributed by atoms with Gasteiger partial charge >= 0.3 is 0 Å². The molecule has 3 rings (SSSR count). The summed E-state index contributed by atoms with van der Waals surface area (Å²) >= 11 is 9.35. The van der Waals surface area contributed by atoms with Crippen molar-refractivity contribution in [2.45, 2.75) is 0 Å². The molecule has 0 unspecified atom stereocenters. The molecule has 3 aromatic rings. The topological polar surface area (TPSA) is 33.4 Å². The Labute approximate surface area is 136 Å². The number of rotatable bonds is 5. The third kappa shape index (κ3) is 3.17. The summed E-state index contributed by atoms with van der Waals surface area (Å²) < 4.78 is 1.85. The molecule has 0 aliphatic rings. The molecule has 0 atom stereocenters. The van der Waals surface area contributed by atoms with Crippen LogP contribution in [0.2, 0.25) is 5.02 Å². The number of anilines is 1.